The van der Waals surface area contributed by atoms with Gasteiger partial charge in [-0.2, -0.15) is 0 Å². The van der Waals surface area contributed by atoms with Crippen LogP contribution in [0.2, 0.25) is 0 Å². The summed E-state index contributed by atoms with van der Waals surface area (Å²) < 4.78 is 0. The van der Waals surface area contributed by atoms with Crippen molar-refractivity contribution in [2.45, 2.75) is 62.7 Å². The number of amides is 3. The first-order chi connectivity index (χ1) is 16.9. The number of aromatic nitrogens is 2. The number of carboxylic acids is 3. The van der Waals surface area contributed by atoms with Gasteiger partial charge in [0.05, 0.1) is 25.2 Å². The number of nitrogens with one attached hydrogen (secondary N) is 4. The standard InChI is InChI=1S/C20H31N7O9/c21-4-2-1-3-12(25-17(32)11(22)6-15(28)29)18(33)26-13(5-10-8-23-9-24-10)19(34)27-14(20(35)36)7-16(30)31/h8-9,11-14H,1-7,21-22H2,(H,23,24)(H,25,32)(H,26,33)(H,27,34)(H,28,29)(H,30,31)(H,35,36). The Hall–Kier alpha value is -4.05. The fourth-order valence-electron chi connectivity index (χ4n) is 3.07. The van der Waals surface area contributed by atoms with Crippen LogP contribution in [-0.2, 0) is 35.2 Å². The van der Waals surface area contributed by atoms with Gasteiger partial charge < -0.3 is 47.7 Å². The van der Waals surface area contributed by atoms with Crippen molar-refractivity contribution >= 4 is 35.6 Å². The van der Waals surface area contributed by atoms with Gasteiger partial charge in [-0.3, -0.25) is 24.0 Å². The van der Waals surface area contributed by atoms with E-state index in [0.29, 0.717) is 25.1 Å². The lowest BCUT2D eigenvalue weighted by atomic mass is 10.0. The zero-order valence-electron chi connectivity index (χ0n) is 19.3. The van der Waals surface area contributed by atoms with E-state index in [9.17, 15) is 33.9 Å². The molecule has 0 radical (unpaired) electrons. The molecule has 1 aromatic heterocycles. The van der Waals surface area contributed by atoms with Crippen LogP contribution in [0.3, 0.4) is 0 Å². The fraction of sp³-hybridized carbons (Fsp3) is 0.550. The number of hydrogen-bond acceptors (Lipinski definition) is 9. The minimum absolute atomic E-state index is 0.0870. The molecule has 200 valence electrons. The van der Waals surface area contributed by atoms with Crippen molar-refractivity contribution in [3.05, 3.63) is 18.2 Å². The Kier molecular flexibility index (Phi) is 12.5. The predicted octanol–water partition coefficient (Wildman–Crippen LogP) is -3.10. The van der Waals surface area contributed by atoms with Gasteiger partial charge in [0.1, 0.15) is 18.1 Å². The molecule has 0 aliphatic rings. The highest BCUT2D eigenvalue weighted by molar-refractivity contribution is 5.95. The van der Waals surface area contributed by atoms with Crippen molar-refractivity contribution in [1.82, 2.24) is 25.9 Å². The fourth-order valence-corrected chi connectivity index (χ4v) is 3.07. The van der Waals surface area contributed by atoms with Crippen LogP contribution in [0.1, 0.15) is 37.8 Å². The van der Waals surface area contributed by atoms with Crippen LogP contribution in [0.4, 0.5) is 0 Å². The van der Waals surface area contributed by atoms with Crippen molar-refractivity contribution in [3.8, 4) is 0 Å². The van der Waals surface area contributed by atoms with Crippen molar-refractivity contribution in [3.63, 3.8) is 0 Å². The molecule has 4 unspecified atom stereocenters. The van der Waals surface area contributed by atoms with Crippen LogP contribution in [0, 0.1) is 0 Å². The van der Waals surface area contributed by atoms with Crippen LogP contribution >= 0.6 is 0 Å². The summed E-state index contributed by atoms with van der Waals surface area (Å²) in [6.07, 6.45) is 1.94. The highest BCUT2D eigenvalue weighted by Gasteiger charge is 2.31. The quantitative estimate of drug-likeness (QED) is 0.0936. The average Bonchev–Trinajstić information content (AvgIpc) is 3.29. The molecule has 11 N–H and O–H groups in total. The summed E-state index contributed by atoms with van der Waals surface area (Å²) in [6, 6.07) is -5.78. The van der Waals surface area contributed by atoms with E-state index < -0.39 is 72.6 Å². The summed E-state index contributed by atoms with van der Waals surface area (Å²) in [5, 5.41) is 33.8. The van der Waals surface area contributed by atoms with Gasteiger partial charge in [0.15, 0.2) is 0 Å². The molecular weight excluding hydrogens is 482 g/mol. The van der Waals surface area contributed by atoms with Gasteiger partial charge in [-0.25, -0.2) is 9.78 Å². The lowest BCUT2D eigenvalue weighted by Gasteiger charge is -2.25. The van der Waals surface area contributed by atoms with Crippen LogP contribution < -0.4 is 27.4 Å². The third-order valence-corrected chi connectivity index (χ3v) is 4.92. The Balaban J connectivity index is 3.07. The first-order valence-electron chi connectivity index (χ1n) is 10.9. The molecule has 16 heteroatoms. The lowest BCUT2D eigenvalue weighted by Crippen LogP contribution is -2.58. The van der Waals surface area contributed by atoms with Gasteiger partial charge in [0, 0.05) is 18.3 Å². The van der Waals surface area contributed by atoms with E-state index in [1.165, 1.54) is 12.5 Å². The summed E-state index contributed by atoms with van der Waals surface area (Å²) in [5.41, 5.74) is 11.4. The minimum Gasteiger partial charge on any atom is -0.481 e. The highest BCUT2D eigenvalue weighted by Crippen LogP contribution is 2.06. The Morgan fingerprint density at radius 2 is 1.44 bits per heavy atom. The topological polar surface area (TPSA) is 280 Å². The molecule has 0 saturated carbocycles. The first-order valence-corrected chi connectivity index (χ1v) is 10.9. The number of H-pyrrole nitrogens is 1. The number of carbonyl (C=O) groups excluding carboxylic acids is 3. The number of imidazole rings is 1. The van der Waals surface area contributed by atoms with E-state index in [1.807, 2.05) is 0 Å². The Morgan fingerprint density at radius 1 is 0.861 bits per heavy atom. The van der Waals surface area contributed by atoms with E-state index in [-0.39, 0.29) is 12.8 Å². The number of rotatable bonds is 17. The Labute approximate surface area is 205 Å². The van der Waals surface area contributed by atoms with Crippen LogP contribution in [-0.4, -0.2) is 91.6 Å². The van der Waals surface area contributed by atoms with Gasteiger partial charge in [0.25, 0.3) is 0 Å². The number of carboxylic acid groups (broad SMARTS) is 3. The number of carbonyl (C=O) groups is 6. The van der Waals surface area contributed by atoms with Gasteiger partial charge in [0.2, 0.25) is 17.7 Å². The van der Waals surface area contributed by atoms with Gasteiger partial charge >= 0.3 is 17.9 Å². The largest absolute Gasteiger partial charge is 0.481 e. The molecule has 4 atom stereocenters. The lowest BCUT2D eigenvalue weighted by molar-refractivity contribution is -0.147. The smallest absolute Gasteiger partial charge is 0.326 e. The maximum atomic E-state index is 13.0. The second kappa shape index (κ2) is 15.0. The van der Waals surface area contributed by atoms with Gasteiger partial charge in [-0.05, 0) is 25.8 Å². The average molecular weight is 514 g/mol. The zero-order valence-corrected chi connectivity index (χ0v) is 19.3. The summed E-state index contributed by atoms with van der Waals surface area (Å²) in [5.74, 6) is -7.07. The summed E-state index contributed by atoms with van der Waals surface area (Å²) >= 11 is 0. The molecular formula is C20H31N7O9. The number of nitrogens with zero attached hydrogens (tertiary/aromatic N) is 1. The number of nitrogens with two attached hydrogens (primary N) is 2. The maximum Gasteiger partial charge on any atom is 0.326 e. The molecule has 1 rings (SSSR count). The molecule has 1 heterocycles. The number of aliphatic carboxylic acids is 3. The normalized spacial score (nSPS) is 14.1. The highest BCUT2D eigenvalue weighted by atomic mass is 16.4. The van der Waals surface area contributed by atoms with Crippen LogP contribution in [0.5, 0.6) is 0 Å². The Morgan fingerprint density at radius 3 is 1.97 bits per heavy atom. The van der Waals surface area contributed by atoms with Crippen molar-refractivity contribution in [2.75, 3.05) is 6.54 Å². The third kappa shape index (κ3) is 10.9. The molecule has 0 saturated heterocycles. The van der Waals surface area contributed by atoms with Gasteiger partial charge in [-0.1, -0.05) is 0 Å². The number of hydrogen-bond donors (Lipinski definition) is 9. The molecule has 1 aromatic rings. The van der Waals surface area contributed by atoms with E-state index in [0.717, 1.165) is 0 Å². The molecule has 0 spiro atoms. The molecule has 36 heavy (non-hydrogen) atoms. The van der Waals surface area contributed by atoms with Crippen molar-refractivity contribution < 1.29 is 44.1 Å². The van der Waals surface area contributed by atoms with E-state index in [1.54, 1.807) is 0 Å². The molecule has 0 aliphatic heterocycles. The predicted molar refractivity (Wildman–Crippen MR) is 121 cm³/mol. The summed E-state index contributed by atoms with van der Waals surface area (Å²) in [7, 11) is 0. The van der Waals surface area contributed by atoms with Crippen molar-refractivity contribution in [1.29, 1.82) is 0 Å². The second-order valence-electron chi connectivity index (χ2n) is 7.89. The van der Waals surface area contributed by atoms with E-state index in [4.69, 9.17) is 21.7 Å². The second-order valence-corrected chi connectivity index (χ2v) is 7.89. The molecule has 0 fully saturated rings. The van der Waals surface area contributed by atoms with E-state index in [2.05, 4.69) is 25.9 Å². The third-order valence-electron chi connectivity index (χ3n) is 4.92. The Bertz CT molecular complexity index is 923. The maximum absolute atomic E-state index is 13.0. The zero-order chi connectivity index (χ0) is 27.3. The number of unbranched alkanes of at least 4 members (excludes halogenated alkanes) is 1. The molecule has 0 aromatic carbocycles. The monoisotopic (exact) mass is 513 g/mol. The molecule has 16 nitrogen and oxygen atoms in total. The van der Waals surface area contributed by atoms with Crippen LogP contribution in [0.15, 0.2) is 12.5 Å². The van der Waals surface area contributed by atoms with Crippen molar-refractivity contribution in [2.24, 2.45) is 11.5 Å². The SMILES string of the molecule is NCCCCC(NC(=O)C(N)CC(=O)O)C(=O)NC(Cc1cnc[nH]1)C(=O)NC(CC(=O)O)C(=O)O. The summed E-state index contributed by atoms with van der Waals surface area (Å²) in [6.45, 7) is 0.311. The minimum atomic E-state index is -1.76. The number of aromatic amines is 1. The van der Waals surface area contributed by atoms with Gasteiger partial charge in [-0.15, -0.1) is 0 Å². The first kappa shape index (κ1) is 30.0. The van der Waals surface area contributed by atoms with E-state index >= 15 is 0 Å². The molecule has 3 amide bonds. The molecule has 0 bridgehead atoms. The van der Waals surface area contributed by atoms with Crippen LogP contribution in [0.25, 0.3) is 0 Å². The molecule has 0 aliphatic carbocycles. The summed E-state index contributed by atoms with van der Waals surface area (Å²) in [4.78, 5) is 77.8.